The van der Waals surface area contributed by atoms with Gasteiger partial charge in [0.2, 0.25) is 0 Å². The fourth-order valence-electron chi connectivity index (χ4n) is 3.22. The zero-order valence-electron chi connectivity index (χ0n) is 12.4. The van der Waals surface area contributed by atoms with Crippen LogP contribution in [0.2, 0.25) is 0 Å². The maximum Gasteiger partial charge on any atom is 0.0412 e. The van der Waals surface area contributed by atoms with Gasteiger partial charge in [-0.2, -0.15) is 0 Å². The van der Waals surface area contributed by atoms with Crippen LogP contribution in [-0.4, -0.2) is 25.2 Å². The smallest absolute Gasteiger partial charge is 0.0412 e. The number of hydrogen-bond donors (Lipinski definition) is 1. The zero-order valence-corrected chi connectivity index (χ0v) is 13.2. The van der Waals surface area contributed by atoms with E-state index in [2.05, 4.69) is 53.7 Å². The van der Waals surface area contributed by atoms with Crippen molar-refractivity contribution in [1.29, 1.82) is 0 Å². The predicted octanol–water partition coefficient (Wildman–Crippen LogP) is 4.26. The van der Waals surface area contributed by atoms with Gasteiger partial charge in [-0.15, -0.1) is 11.3 Å². The molecule has 1 saturated heterocycles. The summed E-state index contributed by atoms with van der Waals surface area (Å²) in [7, 11) is 0. The Labute approximate surface area is 125 Å². The normalized spacial score (nSPS) is 23.4. The van der Waals surface area contributed by atoms with E-state index in [0.29, 0.717) is 12.1 Å². The van der Waals surface area contributed by atoms with Crippen molar-refractivity contribution in [2.24, 2.45) is 0 Å². The molecule has 1 aromatic heterocycles. The van der Waals surface area contributed by atoms with Gasteiger partial charge in [0.1, 0.15) is 0 Å². The van der Waals surface area contributed by atoms with Gasteiger partial charge in [0, 0.05) is 35.6 Å². The molecule has 2 nitrogen and oxygen atoms in total. The van der Waals surface area contributed by atoms with Crippen LogP contribution < -0.4 is 10.2 Å². The third-order valence-corrected chi connectivity index (χ3v) is 5.27. The molecule has 2 heterocycles. The van der Waals surface area contributed by atoms with Crippen molar-refractivity contribution in [3.05, 3.63) is 29.6 Å². The number of anilines is 1. The molecule has 0 saturated carbocycles. The molecule has 2 aromatic rings. The minimum Gasteiger partial charge on any atom is -0.366 e. The number of nitrogens with zero attached hydrogens (tertiary/aromatic N) is 1. The van der Waals surface area contributed by atoms with Crippen LogP contribution in [0.15, 0.2) is 29.6 Å². The Morgan fingerprint density at radius 3 is 3.00 bits per heavy atom. The number of rotatable bonds is 4. The molecule has 1 aliphatic heterocycles. The average molecular weight is 288 g/mol. The fourth-order valence-corrected chi connectivity index (χ4v) is 3.99. The largest absolute Gasteiger partial charge is 0.366 e. The molecule has 0 bridgehead atoms. The van der Waals surface area contributed by atoms with E-state index in [1.54, 1.807) is 0 Å². The van der Waals surface area contributed by atoms with Crippen molar-refractivity contribution in [3.8, 4) is 0 Å². The highest BCUT2D eigenvalue weighted by molar-refractivity contribution is 7.17. The van der Waals surface area contributed by atoms with Gasteiger partial charge in [0.15, 0.2) is 0 Å². The van der Waals surface area contributed by atoms with E-state index in [1.807, 2.05) is 11.3 Å². The molecule has 20 heavy (non-hydrogen) atoms. The summed E-state index contributed by atoms with van der Waals surface area (Å²) in [5.74, 6) is 0. The van der Waals surface area contributed by atoms with Gasteiger partial charge in [0.05, 0.1) is 0 Å². The van der Waals surface area contributed by atoms with Crippen molar-refractivity contribution in [3.63, 3.8) is 0 Å². The average Bonchev–Trinajstić information content (AvgIpc) is 2.95. The first-order valence-electron chi connectivity index (χ1n) is 7.79. The second-order valence-corrected chi connectivity index (χ2v) is 6.70. The van der Waals surface area contributed by atoms with Gasteiger partial charge < -0.3 is 10.2 Å². The Bertz CT molecular complexity index is 563. The molecular weight excluding hydrogens is 264 g/mol. The van der Waals surface area contributed by atoms with Gasteiger partial charge in [-0.3, -0.25) is 0 Å². The molecule has 1 aliphatic rings. The molecule has 2 atom stereocenters. The van der Waals surface area contributed by atoms with E-state index in [9.17, 15) is 0 Å². The summed E-state index contributed by atoms with van der Waals surface area (Å²) in [6.07, 6.45) is 3.73. The van der Waals surface area contributed by atoms with Gasteiger partial charge in [-0.1, -0.05) is 20.3 Å². The van der Waals surface area contributed by atoms with Crippen LogP contribution in [0.1, 0.15) is 33.1 Å². The number of fused-ring (bicyclic) bond motifs is 1. The molecule has 0 radical (unpaired) electrons. The predicted molar refractivity (Wildman–Crippen MR) is 89.9 cm³/mol. The fraction of sp³-hybridized carbons (Fsp3) is 0.529. The second-order valence-electron chi connectivity index (χ2n) is 5.75. The van der Waals surface area contributed by atoms with E-state index in [4.69, 9.17) is 0 Å². The van der Waals surface area contributed by atoms with Crippen LogP contribution in [0.3, 0.4) is 0 Å². The van der Waals surface area contributed by atoms with Gasteiger partial charge in [-0.05, 0) is 47.9 Å². The second kappa shape index (κ2) is 6.15. The summed E-state index contributed by atoms with van der Waals surface area (Å²) in [6, 6.07) is 10.4. The number of piperazine rings is 1. The van der Waals surface area contributed by atoms with E-state index in [1.165, 1.54) is 35.0 Å². The minimum absolute atomic E-state index is 0.624. The maximum absolute atomic E-state index is 3.71. The van der Waals surface area contributed by atoms with Crippen LogP contribution in [0.4, 0.5) is 5.69 Å². The molecule has 108 valence electrons. The molecule has 3 heteroatoms. The highest BCUT2D eigenvalue weighted by Crippen LogP contribution is 2.29. The van der Waals surface area contributed by atoms with Crippen LogP contribution in [0.25, 0.3) is 10.1 Å². The first kappa shape index (κ1) is 13.9. The molecule has 1 fully saturated rings. The molecule has 0 spiro atoms. The Morgan fingerprint density at radius 2 is 2.20 bits per heavy atom. The number of thiophene rings is 1. The summed E-state index contributed by atoms with van der Waals surface area (Å²) < 4.78 is 1.39. The van der Waals surface area contributed by atoms with Crippen molar-refractivity contribution < 1.29 is 0 Å². The Kier molecular flexibility index (Phi) is 4.27. The lowest BCUT2D eigenvalue weighted by Crippen LogP contribution is -2.56. The summed E-state index contributed by atoms with van der Waals surface area (Å²) in [4.78, 5) is 2.62. The molecule has 1 aromatic carbocycles. The Hall–Kier alpha value is -1.06. The lowest BCUT2D eigenvalue weighted by atomic mass is 10.0. The molecule has 0 amide bonds. The quantitative estimate of drug-likeness (QED) is 0.904. The van der Waals surface area contributed by atoms with Crippen molar-refractivity contribution in [2.75, 3.05) is 18.0 Å². The monoisotopic (exact) mass is 288 g/mol. The van der Waals surface area contributed by atoms with Crippen LogP contribution in [-0.2, 0) is 0 Å². The lowest BCUT2D eigenvalue weighted by molar-refractivity contribution is 0.369. The first-order valence-corrected chi connectivity index (χ1v) is 8.67. The molecule has 0 aliphatic carbocycles. The summed E-state index contributed by atoms with van der Waals surface area (Å²) in [6.45, 7) is 6.82. The Balaban J connectivity index is 1.87. The van der Waals surface area contributed by atoms with Crippen molar-refractivity contribution in [1.82, 2.24) is 5.32 Å². The van der Waals surface area contributed by atoms with E-state index < -0.39 is 0 Å². The first-order chi connectivity index (χ1) is 9.81. The minimum atomic E-state index is 0.624. The number of hydrogen-bond acceptors (Lipinski definition) is 3. The molecule has 2 unspecified atom stereocenters. The van der Waals surface area contributed by atoms with Crippen molar-refractivity contribution >= 4 is 27.1 Å². The Morgan fingerprint density at radius 1 is 1.30 bits per heavy atom. The maximum atomic E-state index is 3.71. The third kappa shape index (κ3) is 2.70. The highest BCUT2D eigenvalue weighted by atomic mass is 32.1. The molecule has 3 rings (SSSR count). The summed E-state index contributed by atoms with van der Waals surface area (Å²) >= 11 is 1.83. The van der Waals surface area contributed by atoms with E-state index in [0.717, 1.165) is 13.1 Å². The molecular formula is C17H24N2S. The van der Waals surface area contributed by atoms with Crippen LogP contribution in [0, 0.1) is 0 Å². The van der Waals surface area contributed by atoms with E-state index >= 15 is 0 Å². The van der Waals surface area contributed by atoms with Gasteiger partial charge in [0.25, 0.3) is 0 Å². The van der Waals surface area contributed by atoms with Gasteiger partial charge >= 0.3 is 0 Å². The SMILES string of the molecule is CCCC1CN(c2ccc3sccc3c2)C(CC)CN1. The summed E-state index contributed by atoms with van der Waals surface area (Å²) in [5, 5.41) is 7.28. The van der Waals surface area contributed by atoms with E-state index in [-0.39, 0.29) is 0 Å². The standard InChI is InChI=1S/C17H24N2S/c1-3-5-14-12-19(15(4-2)11-18-14)16-6-7-17-13(10-16)8-9-20-17/h6-10,14-15,18H,3-5,11-12H2,1-2H3. The summed E-state index contributed by atoms with van der Waals surface area (Å²) in [5.41, 5.74) is 1.39. The topological polar surface area (TPSA) is 15.3 Å². The van der Waals surface area contributed by atoms with Crippen molar-refractivity contribution in [2.45, 2.75) is 45.2 Å². The van der Waals surface area contributed by atoms with Crippen LogP contribution >= 0.6 is 11.3 Å². The zero-order chi connectivity index (χ0) is 13.9. The number of nitrogens with one attached hydrogen (secondary N) is 1. The lowest BCUT2D eigenvalue weighted by Gasteiger charge is -2.42. The third-order valence-electron chi connectivity index (χ3n) is 4.38. The van der Waals surface area contributed by atoms with Crippen LogP contribution in [0.5, 0.6) is 0 Å². The van der Waals surface area contributed by atoms with Gasteiger partial charge in [-0.25, -0.2) is 0 Å². The number of benzene rings is 1. The molecule has 1 N–H and O–H groups in total. The highest BCUT2D eigenvalue weighted by Gasteiger charge is 2.26.